The molecule has 1 fully saturated rings. The van der Waals surface area contributed by atoms with Crippen LogP contribution in [0.15, 0.2) is 16.6 Å². The van der Waals surface area contributed by atoms with Crippen molar-refractivity contribution in [2.75, 3.05) is 7.11 Å². The van der Waals surface area contributed by atoms with Gasteiger partial charge in [-0.15, -0.1) is 0 Å². The maximum absolute atomic E-state index is 11.2. The van der Waals surface area contributed by atoms with Gasteiger partial charge in [-0.1, -0.05) is 15.9 Å². The Morgan fingerprint density at radius 2 is 2.10 bits per heavy atom. The molecule has 0 amide bonds. The third-order valence-corrected chi connectivity index (χ3v) is 4.06. The fourth-order valence-corrected chi connectivity index (χ4v) is 3.05. The molecule has 1 atom stereocenters. The first-order valence-corrected chi connectivity index (χ1v) is 7.97. The van der Waals surface area contributed by atoms with Crippen LogP contribution in [-0.4, -0.2) is 24.3 Å². The maximum atomic E-state index is 11.2. The van der Waals surface area contributed by atoms with Crippen molar-refractivity contribution in [1.29, 1.82) is 0 Å². The van der Waals surface area contributed by atoms with Gasteiger partial charge in [0, 0.05) is 16.0 Å². The summed E-state index contributed by atoms with van der Waals surface area (Å²) in [5, 5.41) is 9.21. The summed E-state index contributed by atoms with van der Waals surface area (Å²) < 4.78 is 12.2. The summed E-state index contributed by atoms with van der Waals surface area (Å²) in [6, 6.07) is 3.82. The maximum Gasteiger partial charge on any atom is 0.303 e. The molecule has 0 heterocycles. The number of halogens is 1. The van der Waals surface area contributed by atoms with E-state index >= 15 is 0 Å². The Balaban J connectivity index is 2.47. The molecule has 116 valence electrons. The van der Waals surface area contributed by atoms with Crippen LogP contribution in [0.3, 0.4) is 0 Å². The molecule has 1 aliphatic rings. The van der Waals surface area contributed by atoms with E-state index in [9.17, 15) is 9.90 Å². The Morgan fingerprint density at radius 3 is 2.57 bits per heavy atom. The molecule has 2 rings (SSSR count). The number of hydrogen-bond acceptors (Lipinski definition) is 3. The van der Waals surface area contributed by atoms with E-state index < -0.39 is 5.97 Å². The van der Waals surface area contributed by atoms with Crippen LogP contribution in [0.1, 0.15) is 44.6 Å². The predicted octanol–water partition coefficient (Wildman–Crippen LogP) is 4.21. The van der Waals surface area contributed by atoms with Crippen molar-refractivity contribution in [2.24, 2.45) is 5.92 Å². The van der Waals surface area contributed by atoms with Crippen LogP contribution in [0, 0.1) is 5.92 Å². The van der Waals surface area contributed by atoms with Gasteiger partial charge in [-0.25, -0.2) is 0 Å². The van der Waals surface area contributed by atoms with Gasteiger partial charge in [0.15, 0.2) is 11.5 Å². The second-order valence-electron chi connectivity index (χ2n) is 5.73. The van der Waals surface area contributed by atoms with E-state index in [0.717, 1.165) is 22.9 Å². The molecule has 4 nitrogen and oxygen atoms in total. The molecule has 0 radical (unpaired) electrons. The van der Waals surface area contributed by atoms with Crippen LogP contribution in [-0.2, 0) is 4.79 Å². The monoisotopic (exact) mass is 356 g/mol. The third kappa shape index (κ3) is 4.13. The fraction of sp³-hybridized carbons (Fsp3) is 0.562. The molecule has 1 unspecified atom stereocenters. The summed E-state index contributed by atoms with van der Waals surface area (Å²) in [6.07, 6.45) is 2.28. The first-order chi connectivity index (χ1) is 9.92. The third-order valence-electron chi connectivity index (χ3n) is 3.61. The first-order valence-electron chi connectivity index (χ1n) is 7.18. The smallest absolute Gasteiger partial charge is 0.303 e. The molecule has 21 heavy (non-hydrogen) atoms. The lowest BCUT2D eigenvalue weighted by molar-refractivity contribution is -0.137. The van der Waals surface area contributed by atoms with Crippen molar-refractivity contribution in [1.82, 2.24) is 0 Å². The largest absolute Gasteiger partial charge is 0.493 e. The van der Waals surface area contributed by atoms with E-state index in [0.29, 0.717) is 17.4 Å². The second kappa shape index (κ2) is 6.69. The van der Waals surface area contributed by atoms with Crippen LogP contribution in [0.5, 0.6) is 11.5 Å². The lowest BCUT2D eigenvalue weighted by Gasteiger charge is -2.23. The van der Waals surface area contributed by atoms with E-state index in [1.54, 1.807) is 7.11 Å². The van der Waals surface area contributed by atoms with Crippen molar-refractivity contribution >= 4 is 21.9 Å². The highest BCUT2D eigenvalue weighted by Gasteiger charge is 2.36. The lowest BCUT2D eigenvalue weighted by Crippen LogP contribution is -2.14. The Bertz CT molecular complexity index is 523. The highest BCUT2D eigenvalue weighted by molar-refractivity contribution is 9.10. The highest BCUT2D eigenvalue weighted by atomic mass is 79.9. The Hall–Kier alpha value is -1.23. The molecular formula is C16H21BrO4. The number of rotatable bonds is 7. The molecular weight excluding hydrogens is 336 g/mol. The minimum Gasteiger partial charge on any atom is -0.493 e. The van der Waals surface area contributed by atoms with Gasteiger partial charge in [0.05, 0.1) is 19.6 Å². The number of benzene rings is 1. The Morgan fingerprint density at radius 1 is 1.43 bits per heavy atom. The Kier molecular flexibility index (Phi) is 5.14. The SMILES string of the molecule is COc1cc(Br)cc(C(CC(=O)O)C2CC2)c1OC(C)C. The fourth-order valence-electron chi connectivity index (χ4n) is 2.59. The molecule has 0 spiro atoms. The van der Waals surface area contributed by atoms with Crippen molar-refractivity contribution in [3.05, 3.63) is 22.2 Å². The van der Waals surface area contributed by atoms with Gasteiger partial charge in [0.2, 0.25) is 0 Å². The normalized spacial score (nSPS) is 15.9. The highest BCUT2D eigenvalue weighted by Crippen LogP contribution is 2.50. The van der Waals surface area contributed by atoms with E-state index in [1.165, 1.54) is 0 Å². The summed E-state index contributed by atoms with van der Waals surface area (Å²) in [6.45, 7) is 3.91. The molecule has 1 aromatic carbocycles. The van der Waals surface area contributed by atoms with Crippen LogP contribution < -0.4 is 9.47 Å². The quantitative estimate of drug-likeness (QED) is 0.794. The van der Waals surface area contributed by atoms with Crippen LogP contribution >= 0.6 is 15.9 Å². The summed E-state index contributed by atoms with van der Waals surface area (Å²) in [5.74, 6) is 0.941. The van der Waals surface area contributed by atoms with Crippen molar-refractivity contribution in [3.63, 3.8) is 0 Å². The second-order valence-corrected chi connectivity index (χ2v) is 6.65. The molecule has 1 N–H and O–H groups in total. The van der Waals surface area contributed by atoms with Gasteiger partial charge in [-0.3, -0.25) is 4.79 Å². The van der Waals surface area contributed by atoms with E-state index in [2.05, 4.69) is 15.9 Å². The molecule has 0 saturated heterocycles. The van der Waals surface area contributed by atoms with E-state index in [-0.39, 0.29) is 18.4 Å². The van der Waals surface area contributed by atoms with Gasteiger partial charge >= 0.3 is 5.97 Å². The van der Waals surface area contributed by atoms with Gasteiger partial charge in [-0.05, 0) is 44.7 Å². The molecule has 1 aliphatic carbocycles. The average molecular weight is 357 g/mol. The van der Waals surface area contributed by atoms with Gasteiger partial charge in [0.1, 0.15) is 0 Å². The zero-order valence-corrected chi connectivity index (χ0v) is 14.1. The van der Waals surface area contributed by atoms with Crippen LogP contribution in [0.4, 0.5) is 0 Å². The first kappa shape index (κ1) is 16.1. The molecule has 0 aromatic heterocycles. The van der Waals surface area contributed by atoms with Crippen LogP contribution in [0.25, 0.3) is 0 Å². The van der Waals surface area contributed by atoms with Gasteiger partial charge in [-0.2, -0.15) is 0 Å². The summed E-state index contributed by atoms with van der Waals surface area (Å²) >= 11 is 3.48. The zero-order valence-electron chi connectivity index (χ0n) is 12.6. The number of carbonyl (C=O) groups is 1. The van der Waals surface area contributed by atoms with Gasteiger partial charge in [0.25, 0.3) is 0 Å². The number of carboxylic acids is 1. The molecule has 5 heteroatoms. The molecule has 0 bridgehead atoms. The summed E-state index contributed by atoms with van der Waals surface area (Å²) in [4.78, 5) is 11.2. The topological polar surface area (TPSA) is 55.8 Å². The minimum atomic E-state index is -0.777. The summed E-state index contributed by atoms with van der Waals surface area (Å²) in [7, 11) is 1.60. The molecule has 1 saturated carbocycles. The zero-order chi connectivity index (χ0) is 15.6. The van der Waals surface area contributed by atoms with E-state index in [4.69, 9.17) is 9.47 Å². The average Bonchev–Trinajstić information content (AvgIpc) is 3.21. The molecule has 1 aromatic rings. The Labute approximate surface area is 133 Å². The van der Waals surface area contributed by atoms with Crippen molar-refractivity contribution in [2.45, 2.75) is 45.1 Å². The predicted molar refractivity (Wildman–Crippen MR) is 84.2 cm³/mol. The molecule has 0 aliphatic heterocycles. The number of carboxylic acid groups (broad SMARTS) is 1. The van der Waals surface area contributed by atoms with Gasteiger partial charge < -0.3 is 14.6 Å². The van der Waals surface area contributed by atoms with Crippen molar-refractivity contribution in [3.8, 4) is 11.5 Å². The summed E-state index contributed by atoms with van der Waals surface area (Å²) in [5.41, 5.74) is 0.930. The van der Waals surface area contributed by atoms with E-state index in [1.807, 2.05) is 26.0 Å². The number of methoxy groups -OCH3 is 1. The standard InChI is InChI=1S/C16H21BrO4/c1-9(2)21-16-13(6-11(17)7-14(16)20-3)12(8-15(18)19)10-4-5-10/h6-7,9-10,12H,4-5,8H2,1-3H3,(H,18,19). The number of aliphatic carboxylic acids is 1. The van der Waals surface area contributed by atoms with Crippen molar-refractivity contribution < 1.29 is 19.4 Å². The number of hydrogen-bond donors (Lipinski definition) is 1. The number of ether oxygens (including phenoxy) is 2. The lowest BCUT2D eigenvalue weighted by atomic mass is 9.90. The van der Waals surface area contributed by atoms with Crippen LogP contribution in [0.2, 0.25) is 0 Å². The minimum absolute atomic E-state index is 0.00325.